The van der Waals surface area contributed by atoms with Crippen LogP contribution in [0.2, 0.25) is 0 Å². The van der Waals surface area contributed by atoms with E-state index in [-0.39, 0.29) is 24.3 Å². The Morgan fingerprint density at radius 1 is 1.26 bits per heavy atom. The maximum absolute atomic E-state index is 12.1. The topological polar surface area (TPSA) is 88.9 Å². The second-order valence-electron chi connectivity index (χ2n) is 5.93. The summed E-state index contributed by atoms with van der Waals surface area (Å²) < 4.78 is 1.40. The van der Waals surface area contributed by atoms with Crippen LogP contribution in [0.25, 0.3) is 0 Å². The van der Waals surface area contributed by atoms with E-state index >= 15 is 0 Å². The summed E-state index contributed by atoms with van der Waals surface area (Å²) in [6, 6.07) is 5.84. The molecule has 7 heteroatoms. The molecule has 1 aromatic heterocycles. The van der Waals surface area contributed by atoms with Gasteiger partial charge in [0.05, 0.1) is 6.20 Å². The van der Waals surface area contributed by atoms with E-state index in [4.69, 9.17) is 0 Å². The molecule has 0 aliphatic heterocycles. The van der Waals surface area contributed by atoms with Crippen molar-refractivity contribution in [1.29, 1.82) is 0 Å². The summed E-state index contributed by atoms with van der Waals surface area (Å²) in [5.41, 5.74) is 2.94. The van der Waals surface area contributed by atoms with Crippen LogP contribution in [0.4, 0.5) is 11.5 Å². The maximum atomic E-state index is 12.1. The van der Waals surface area contributed by atoms with Crippen molar-refractivity contribution in [3.05, 3.63) is 35.5 Å². The third kappa shape index (κ3) is 3.94. The Kier molecular flexibility index (Phi) is 4.10. The van der Waals surface area contributed by atoms with E-state index in [0.717, 1.165) is 29.7 Å². The van der Waals surface area contributed by atoms with Crippen LogP contribution in [0.5, 0.6) is 0 Å². The largest absolute Gasteiger partial charge is 0.324 e. The minimum absolute atomic E-state index is 0.0308. The summed E-state index contributed by atoms with van der Waals surface area (Å²) in [7, 11) is 0. The molecule has 3 rings (SSSR count). The summed E-state index contributed by atoms with van der Waals surface area (Å²) in [6.45, 7) is 3.99. The highest BCUT2D eigenvalue weighted by Crippen LogP contribution is 2.29. The summed E-state index contributed by atoms with van der Waals surface area (Å²) in [4.78, 5) is 23.7. The van der Waals surface area contributed by atoms with Gasteiger partial charge in [-0.3, -0.25) is 9.59 Å². The zero-order valence-corrected chi connectivity index (χ0v) is 13.2. The van der Waals surface area contributed by atoms with E-state index in [1.807, 2.05) is 32.0 Å². The van der Waals surface area contributed by atoms with Gasteiger partial charge in [-0.15, -0.1) is 5.10 Å². The van der Waals surface area contributed by atoms with E-state index in [9.17, 15) is 9.59 Å². The maximum Gasteiger partial charge on any atom is 0.246 e. The molecule has 0 radical (unpaired) electrons. The first-order chi connectivity index (χ1) is 11.0. The fourth-order valence-electron chi connectivity index (χ4n) is 2.30. The van der Waals surface area contributed by atoms with E-state index in [2.05, 4.69) is 20.9 Å². The Morgan fingerprint density at radius 2 is 2.04 bits per heavy atom. The van der Waals surface area contributed by atoms with Crippen molar-refractivity contribution in [2.75, 3.05) is 10.6 Å². The fraction of sp³-hybridized carbons (Fsp3) is 0.375. The van der Waals surface area contributed by atoms with Gasteiger partial charge in [-0.25, -0.2) is 4.68 Å². The van der Waals surface area contributed by atoms with Crippen LogP contribution >= 0.6 is 0 Å². The Balaban J connectivity index is 1.57. The van der Waals surface area contributed by atoms with Crippen LogP contribution in [0.3, 0.4) is 0 Å². The zero-order valence-electron chi connectivity index (χ0n) is 13.2. The molecule has 1 heterocycles. The Bertz CT molecular complexity index is 749. The van der Waals surface area contributed by atoms with E-state index in [1.165, 1.54) is 4.68 Å². The minimum Gasteiger partial charge on any atom is -0.324 e. The number of carbonyl (C=O) groups excluding carboxylic acids is 2. The number of rotatable bonds is 5. The lowest BCUT2D eigenvalue weighted by Gasteiger charge is -2.08. The summed E-state index contributed by atoms with van der Waals surface area (Å²) >= 11 is 0. The molecule has 1 fully saturated rings. The minimum atomic E-state index is -0.193. The molecule has 1 saturated carbocycles. The van der Waals surface area contributed by atoms with Crippen LogP contribution < -0.4 is 10.6 Å². The lowest BCUT2D eigenvalue weighted by molar-refractivity contribution is -0.117. The molecule has 1 aliphatic carbocycles. The molecular weight excluding hydrogens is 294 g/mol. The highest BCUT2D eigenvalue weighted by molar-refractivity contribution is 5.93. The number of nitrogens with zero attached hydrogens (tertiary/aromatic N) is 3. The van der Waals surface area contributed by atoms with Gasteiger partial charge in [0, 0.05) is 11.6 Å². The van der Waals surface area contributed by atoms with Gasteiger partial charge in [0.1, 0.15) is 6.54 Å². The van der Waals surface area contributed by atoms with E-state index < -0.39 is 0 Å². The number of hydrogen-bond donors (Lipinski definition) is 2. The van der Waals surface area contributed by atoms with Crippen LogP contribution in [0, 0.1) is 19.8 Å². The summed E-state index contributed by atoms with van der Waals surface area (Å²) in [6.07, 6.45) is 3.42. The van der Waals surface area contributed by atoms with Gasteiger partial charge in [-0.1, -0.05) is 22.9 Å². The van der Waals surface area contributed by atoms with Crippen LogP contribution in [0.1, 0.15) is 24.0 Å². The summed E-state index contributed by atoms with van der Waals surface area (Å²) in [5.74, 6) is 0.257. The molecule has 1 aromatic carbocycles. The molecule has 120 valence electrons. The van der Waals surface area contributed by atoms with Gasteiger partial charge in [0.2, 0.25) is 11.8 Å². The van der Waals surface area contributed by atoms with Gasteiger partial charge in [0.25, 0.3) is 0 Å². The number of hydrogen-bond acceptors (Lipinski definition) is 4. The first kappa shape index (κ1) is 15.2. The van der Waals surface area contributed by atoms with E-state index in [1.54, 1.807) is 6.20 Å². The van der Waals surface area contributed by atoms with Crippen molar-refractivity contribution in [3.63, 3.8) is 0 Å². The Morgan fingerprint density at radius 3 is 2.74 bits per heavy atom. The number of nitrogens with one attached hydrogen (secondary N) is 2. The average molecular weight is 313 g/mol. The molecule has 0 atom stereocenters. The normalized spacial score (nSPS) is 13.7. The standard InChI is InChI=1S/C16H19N5O2/c1-10-3-6-13(11(2)7-10)17-15(22)9-21-8-14(19-20-21)18-16(23)12-4-5-12/h3,6-8,12H,4-5,9H2,1-2H3,(H,17,22)(H,18,23). The molecule has 1 aliphatic rings. The number of aromatic nitrogens is 3. The lowest BCUT2D eigenvalue weighted by atomic mass is 10.1. The highest BCUT2D eigenvalue weighted by Gasteiger charge is 2.30. The first-order valence-electron chi connectivity index (χ1n) is 7.59. The third-order valence-electron chi connectivity index (χ3n) is 3.70. The molecule has 0 saturated heterocycles. The molecule has 23 heavy (non-hydrogen) atoms. The molecule has 0 spiro atoms. The number of benzene rings is 1. The Labute approximate surface area is 134 Å². The molecule has 2 amide bonds. The highest BCUT2D eigenvalue weighted by atomic mass is 16.2. The number of anilines is 2. The van der Waals surface area contributed by atoms with Crippen molar-refractivity contribution in [1.82, 2.24) is 15.0 Å². The molecule has 2 aromatic rings. The van der Waals surface area contributed by atoms with Gasteiger partial charge < -0.3 is 10.6 Å². The van der Waals surface area contributed by atoms with Crippen molar-refractivity contribution in [2.24, 2.45) is 5.92 Å². The monoisotopic (exact) mass is 313 g/mol. The van der Waals surface area contributed by atoms with Crippen molar-refractivity contribution >= 4 is 23.3 Å². The molecular formula is C16H19N5O2. The zero-order chi connectivity index (χ0) is 16.4. The number of amides is 2. The van der Waals surface area contributed by atoms with Crippen molar-refractivity contribution in [3.8, 4) is 0 Å². The third-order valence-corrected chi connectivity index (χ3v) is 3.70. The quantitative estimate of drug-likeness (QED) is 0.882. The second-order valence-corrected chi connectivity index (χ2v) is 5.93. The number of aryl methyl sites for hydroxylation is 2. The smallest absolute Gasteiger partial charge is 0.246 e. The average Bonchev–Trinajstić information content (AvgIpc) is 3.25. The second kappa shape index (κ2) is 6.20. The predicted molar refractivity (Wildman–Crippen MR) is 85.9 cm³/mol. The van der Waals surface area contributed by atoms with Crippen LogP contribution in [-0.4, -0.2) is 26.8 Å². The predicted octanol–water partition coefficient (Wildman–Crippen LogP) is 1.88. The van der Waals surface area contributed by atoms with Gasteiger partial charge in [0.15, 0.2) is 5.82 Å². The molecule has 7 nitrogen and oxygen atoms in total. The number of carbonyl (C=O) groups is 2. The SMILES string of the molecule is Cc1ccc(NC(=O)Cn2cc(NC(=O)C3CC3)nn2)c(C)c1. The van der Waals surface area contributed by atoms with Crippen molar-refractivity contribution in [2.45, 2.75) is 33.2 Å². The lowest BCUT2D eigenvalue weighted by Crippen LogP contribution is -2.19. The first-order valence-corrected chi connectivity index (χ1v) is 7.59. The molecule has 2 N–H and O–H groups in total. The Hall–Kier alpha value is -2.70. The van der Waals surface area contributed by atoms with Crippen LogP contribution in [-0.2, 0) is 16.1 Å². The van der Waals surface area contributed by atoms with Gasteiger partial charge in [-0.05, 0) is 38.3 Å². The summed E-state index contributed by atoms with van der Waals surface area (Å²) in [5, 5.41) is 13.3. The fourth-order valence-corrected chi connectivity index (χ4v) is 2.30. The molecule has 0 bridgehead atoms. The molecule has 0 unspecified atom stereocenters. The van der Waals surface area contributed by atoms with Crippen molar-refractivity contribution < 1.29 is 9.59 Å². The van der Waals surface area contributed by atoms with Gasteiger partial charge >= 0.3 is 0 Å². The van der Waals surface area contributed by atoms with Crippen LogP contribution in [0.15, 0.2) is 24.4 Å². The van der Waals surface area contributed by atoms with E-state index in [0.29, 0.717) is 5.82 Å². The van der Waals surface area contributed by atoms with Gasteiger partial charge in [-0.2, -0.15) is 0 Å².